The smallest absolute Gasteiger partial charge is 0.275 e. The van der Waals surface area contributed by atoms with Crippen LogP contribution in [0.1, 0.15) is 24.2 Å². The van der Waals surface area contributed by atoms with Gasteiger partial charge in [-0.2, -0.15) is 0 Å². The topological polar surface area (TPSA) is 99.9 Å². The standard InChI is InChI=1S/C18H20N4O3S/c1-10-8-14-16(19-10)17(24)22-18(21-14)26-9-15(23)20-11(2)12-4-6-13(25-3)7-5-12/h4-8,11,19H,9H2,1-3H3,(H,20,23)(H,21,22,24). The van der Waals surface area contributed by atoms with Crippen molar-refractivity contribution in [2.24, 2.45) is 0 Å². The van der Waals surface area contributed by atoms with Crippen LogP contribution in [-0.2, 0) is 4.79 Å². The molecule has 8 heteroatoms. The van der Waals surface area contributed by atoms with E-state index in [4.69, 9.17) is 4.74 Å². The molecule has 1 atom stereocenters. The normalized spacial score (nSPS) is 12.1. The van der Waals surface area contributed by atoms with E-state index < -0.39 is 0 Å². The average molecular weight is 372 g/mol. The number of aromatic amines is 2. The van der Waals surface area contributed by atoms with Gasteiger partial charge in [-0.25, -0.2) is 4.98 Å². The number of nitrogens with one attached hydrogen (secondary N) is 3. The molecule has 0 radical (unpaired) electrons. The molecular weight excluding hydrogens is 352 g/mol. The molecule has 0 aliphatic carbocycles. The van der Waals surface area contributed by atoms with Crippen LogP contribution in [0.3, 0.4) is 0 Å². The molecule has 26 heavy (non-hydrogen) atoms. The Bertz CT molecular complexity index is 978. The van der Waals surface area contributed by atoms with E-state index in [1.165, 1.54) is 11.8 Å². The lowest BCUT2D eigenvalue weighted by Crippen LogP contribution is -2.28. The lowest BCUT2D eigenvalue weighted by atomic mass is 10.1. The monoisotopic (exact) mass is 372 g/mol. The second-order valence-corrected chi connectivity index (χ2v) is 6.90. The zero-order valence-electron chi connectivity index (χ0n) is 14.8. The van der Waals surface area contributed by atoms with Crippen LogP contribution in [0.15, 0.2) is 40.3 Å². The maximum Gasteiger partial charge on any atom is 0.275 e. The predicted molar refractivity (Wildman–Crippen MR) is 102 cm³/mol. The maximum absolute atomic E-state index is 12.2. The first-order valence-corrected chi connectivity index (χ1v) is 9.10. The number of H-pyrrole nitrogens is 2. The molecule has 0 saturated heterocycles. The zero-order valence-corrected chi connectivity index (χ0v) is 15.6. The summed E-state index contributed by atoms with van der Waals surface area (Å²) in [5, 5.41) is 3.36. The molecule has 1 unspecified atom stereocenters. The summed E-state index contributed by atoms with van der Waals surface area (Å²) < 4.78 is 5.13. The molecule has 0 bridgehead atoms. The van der Waals surface area contributed by atoms with Crippen molar-refractivity contribution in [1.82, 2.24) is 20.3 Å². The van der Waals surface area contributed by atoms with E-state index in [1.807, 2.05) is 38.1 Å². The average Bonchev–Trinajstić information content (AvgIpc) is 3.01. The fraction of sp³-hybridized carbons (Fsp3) is 0.278. The Morgan fingerprint density at radius 2 is 2.04 bits per heavy atom. The molecule has 3 rings (SSSR count). The number of hydrogen-bond donors (Lipinski definition) is 3. The van der Waals surface area contributed by atoms with Crippen LogP contribution in [0.25, 0.3) is 11.0 Å². The molecule has 2 aromatic heterocycles. The third kappa shape index (κ3) is 4.08. The summed E-state index contributed by atoms with van der Waals surface area (Å²) in [7, 11) is 1.61. The summed E-state index contributed by atoms with van der Waals surface area (Å²) in [6.45, 7) is 3.78. The number of methoxy groups -OCH3 is 1. The predicted octanol–water partition coefficient (Wildman–Crippen LogP) is 2.54. The quantitative estimate of drug-likeness (QED) is 0.456. The van der Waals surface area contributed by atoms with Gasteiger partial charge in [0.2, 0.25) is 5.91 Å². The first-order chi connectivity index (χ1) is 12.5. The van der Waals surface area contributed by atoms with Gasteiger partial charge in [-0.1, -0.05) is 23.9 Å². The Kier molecular flexibility index (Phi) is 5.32. The number of benzene rings is 1. The van der Waals surface area contributed by atoms with Crippen molar-refractivity contribution in [2.75, 3.05) is 12.9 Å². The molecule has 1 amide bonds. The number of carbonyl (C=O) groups excluding carboxylic acids is 1. The maximum atomic E-state index is 12.2. The van der Waals surface area contributed by atoms with Crippen molar-refractivity contribution < 1.29 is 9.53 Å². The van der Waals surface area contributed by atoms with Crippen molar-refractivity contribution in [3.63, 3.8) is 0 Å². The fourth-order valence-corrected chi connectivity index (χ4v) is 3.27. The van der Waals surface area contributed by atoms with Crippen molar-refractivity contribution in [3.05, 3.63) is 51.9 Å². The van der Waals surface area contributed by atoms with Crippen LogP contribution in [0.5, 0.6) is 5.75 Å². The number of thioether (sulfide) groups is 1. The number of fused-ring (bicyclic) bond motifs is 1. The Balaban J connectivity index is 1.60. The van der Waals surface area contributed by atoms with E-state index >= 15 is 0 Å². The molecular formula is C18H20N4O3S. The Morgan fingerprint density at radius 1 is 1.31 bits per heavy atom. The molecule has 0 aliphatic heterocycles. The highest BCUT2D eigenvalue weighted by atomic mass is 32.2. The fourth-order valence-electron chi connectivity index (χ4n) is 2.59. The van der Waals surface area contributed by atoms with E-state index in [9.17, 15) is 9.59 Å². The lowest BCUT2D eigenvalue weighted by Gasteiger charge is -2.14. The number of carbonyl (C=O) groups is 1. The summed E-state index contributed by atoms with van der Waals surface area (Å²) in [4.78, 5) is 34.2. The summed E-state index contributed by atoms with van der Waals surface area (Å²) >= 11 is 1.20. The van der Waals surface area contributed by atoms with Crippen molar-refractivity contribution in [1.29, 1.82) is 0 Å². The van der Waals surface area contributed by atoms with Gasteiger partial charge >= 0.3 is 0 Å². The van der Waals surface area contributed by atoms with E-state index in [1.54, 1.807) is 13.2 Å². The highest BCUT2D eigenvalue weighted by Gasteiger charge is 2.12. The molecule has 0 saturated carbocycles. The lowest BCUT2D eigenvalue weighted by molar-refractivity contribution is -0.119. The van der Waals surface area contributed by atoms with Gasteiger partial charge in [-0.3, -0.25) is 14.6 Å². The third-order valence-electron chi connectivity index (χ3n) is 3.93. The van der Waals surface area contributed by atoms with Gasteiger partial charge in [0.05, 0.1) is 24.4 Å². The van der Waals surface area contributed by atoms with Gasteiger partial charge in [-0.15, -0.1) is 0 Å². The van der Waals surface area contributed by atoms with Crippen molar-refractivity contribution >= 4 is 28.7 Å². The molecule has 0 spiro atoms. The van der Waals surface area contributed by atoms with E-state index in [0.717, 1.165) is 17.0 Å². The third-order valence-corrected chi connectivity index (χ3v) is 4.81. The minimum Gasteiger partial charge on any atom is -0.497 e. The minimum absolute atomic E-state index is 0.129. The Hall–Kier alpha value is -2.74. The summed E-state index contributed by atoms with van der Waals surface area (Å²) in [6.07, 6.45) is 0. The molecule has 0 aliphatic rings. The van der Waals surface area contributed by atoms with Gasteiger partial charge in [0, 0.05) is 5.69 Å². The molecule has 0 fully saturated rings. The zero-order chi connectivity index (χ0) is 18.7. The van der Waals surface area contributed by atoms with Gasteiger partial charge in [-0.05, 0) is 37.6 Å². The molecule has 1 aromatic carbocycles. The van der Waals surface area contributed by atoms with Gasteiger partial charge in [0.1, 0.15) is 11.3 Å². The molecule has 2 heterocycles. The van der Waals surface area contributed by atoms with E-state index in [2.05, 4.69) is 20.3 Å². The van der Waals surface area contributed by atoms with Gasteiger partial charge in [0.25, 0.3) is 5.56 Å². The second kappa shape index (κ2) is 7.65. The first-order valence-electron chi connectivity index (χ1n) is 8.12. The largest absolute Gasteiger partial charge is 0.497 e. The minimum atomic E-state index is -0.238. The summed E-state index contributed by atoms with van der Waals surface area (Å²) in [5.74, 6) is 0.804. The van der Waals surface area contributed by atoms with E-state index in [-0.39, 0.29) is 23.3 Å². The van der Waals surface area contributed by atoms with Crippen LogP contribution >= 0.6 is 11.8 Å². The SMILES string of the molecule is COc1ccc(C(C)NC(=O)CSc2nc3cc(C)[nH]c3c(=O)[nH]2)cc1. The molecule has 3 aromatic rings. The summed E-state index contributed by atoms with van der Waals surface area (Å²) in [5.41, 5.74) is 2.66. The van der Waals surface area contributed by atoms with Crippen LogP contribution < -0.4 is 15.6 Å². The Morgan fingerprint density at radius 3 is 2.73 bits per heavy atom. The number of rotatable bonds is 6. The number of ether oxygens (including phenoxy) is 1. The van der Waals surface area contributed by atoms with Crippen molar-refractivity contribution in [2.45, 2.75) is 25.0 Å². The highest BCUT2D eigenvalue weighted by molar-refractivity contribution is 7.99. The Labute approximate surface area is 154 Å². The number of aryl methyl sites for hydroxylation is 1. The van der Waals surface area contributed by atoms with Crippen LogP contribution in [0, 0.1) is 6.92 Å². The number of amides is 1. The van der Waals surface area contributed by atoms with Crippen LogP contribution in [-0.4, -0.2) is 33.7 Å². The molecule has 3 N–H and O–H groups in total. The second-order valence-electron chi connectivity index (χ2n) is 5.93. The number of aromatic nitrogens is 3. The first kappa shape index (κ1) is 18.1. The van der Waals surface area contributed by atoms with Gasteiger partial charge in [0.15, 0.2) is 5.16 Å². The number of hydrogen-bond acceptors (Lipinski definition) is 5. The molecule has 7 nitrogen and oxygen atoms in total. The molecule has 136 valence electrons. The van der Waals surface area contributed by atoms with Gasteiger partial charge < -0.3 is 15.0 Å². The highest BCUT2D eigenvalue weighted by Crippen LogP contribution is 2.18. The van der Waals surface area contributed by atoms with E-state index in [0.29, 0.717) is 16.2 Å². The van der Waals surface area contributed by atoms with Crippen molar-refractivity contribution in [3.8, 4) is 5.75 Å². The van der Waals surface area contributed by atoms with Crippen LogP contribution in [0.4, 0.5) is 0 Å². The number of nitrogens with zero attached hydrogens (tertiary/aromatic N) is 1. The van der Waals surface area contributed by atoms with Crippen LogP contribution in [0.2, 0.25) is 0 Å². The summed E-state index contributed by atoms with van der Waals surface area (Å²) in [6, 6.07) is 9.22.